The molecule has 0 radical (unpaired) electrons. The maximum atomic E-state index is 5.18. The SMILES string of the molecule is COc1ccc(-c2nnc(SCc3cccnc3)n2C)cc1. The summed E-state index contributed by atoms with van der Waals surface area (Å²) in [6.45, 7) is 0. The Hall–Kier alpha value is -2.34. The van der Waals surface area contributed by atoms with Gasteiger partial charge in [0.1, 0.15) is 5.75 Å². The highest BCUT2D eigenvalue weighted by molar-refractivity contribution is 7.98. The molecular formula is C16H16N4OS. The third kappa shape index (κ3) is 3.12. The maximum absolute atomic E-state index is 5.18. The van der Waals surface area contributed by atoms with E-state index in [1.165, 1.54) is 5.56 Å². The number of rotatable bonds is 5. The number of nitrogens with zero attached hydrogens (tertiary/aromatic N) is 4. The molecule has 112 valence electrons. The summed E-state index contributed by atoms with van der Waals surface area (Å²) in [4.78, 5) is 4.12. The lowest BCUT2D eigenvalue weighted by molar-refractivity contribution is 0.415. The predicted octanol–water partition coefficient (Wildman–Crippen LogP) is 3.18. The number of hydrogen-bond acceptors (Lipinski definition) is 5. The van der Waals surface area contributed by atoms with Crippen molar-refractivity contribution in [2.24, 2.45) is 7.05 Å². The molecular weight excluding hydrogens is 296 g/mol. The first kappa shape index (κ1) is 14.6. The summed E-state index contributed by atoms with van der Waals surface area (Å²) in [7, 11) is 3.63. The number of benzene rings is 1. The third-order valence-electron chi connectivity index (χ3n) is 3.27. The van der Waals surface area contributed by atoms with Gasteiger partial charge in [0.15, 0.2) is 11.0 Å². The zero-order valence-electron chi connectivity index (χ0n) is 12.4. The Labute approximate surface area is 133 Å². The fourth-order valence-electron chi connectivity index (χ4n) is 2.06. The van der Waals surface area contributed by atoms with Gasteiger partial charge in [0, 0.05) is 30.8 Å². The summed E-state index contributed by atoms with van der Waals surface area (Å²) < 4.78 is 7.18. The highest BCUT2D eigenvalue weighted by Gasteiger charge is 2.11. The van der Waals surface area contributed by atoms with Crippen LogP contribution in [-0.2, 0) is 12.8 Å². The molecule has 3 rings (SSSR count). The topological polar surface area (TPSA) is 52.8 Å². The lowest BCUT2D eigenvalue weighted by atomic mass is 10.2. The van der Waals surface area contributed by atoms with Crippen molar-refractivity contribution in [3.63, 3.8) is 0 Å². The number of aromatic nitrogens is 4. The molecule has 0 spiro atoms. The minimum atomic E-state index is 0.822. The van der Waals surface area contributed by atoms with Gasteiger partial charge < -0.3 is 9.30 Å². The fraction of sp³-hybridized carbons (Fsp3) is 0.188. The molecule has 0 amide bonds. The highest BCUT2D eigenvalue weighted by Crippen LogP contribution is 2.26. The van der Waals surface area contributed by atoms with Crippen LogP contribution in [0.4, 0.5) is 0 Å². The van der Waals surface area contributed by atoms with Gasteiger partial charge in [-0.1, -0.05) is 17.8 Å². The highest BCUT2D eigenvalue weighted by atomic mass is 32.2. The van der Waals surface area contributed by atoms with E-state index >= 15 is 0 Å². The quantitative estimate of drug-likeness (QED) is 0.677. The first-order valence-corrected chi connectivity index (χ1v) is 7.82. The molecule has 2 aromatic heterocycles. The molecule has 22 heavy (non-hydrogen) atoms. The van der Waals surface area contributed by atoms with E-state index in [9.17, 15) is 0 Å². The van der Waals surface area contributed by atoms with Crippen molar-refractivity contribution in [2.75, 3.05) is 7.11 Å². The van der Waals surface area contributed by atoms with Crippen LogP contribution >= 0.6 is 11.8 Å². The van der Waals surface area contributed by atoms with Gasteiger partial charge in [0.05, 0.1) is 7.11 Å². The van der Waals surface area contributed by atoms with Gasteiger partial charge in [0.25, 0.3) is 0 Å². The second kappa shape index (κ2) is 6.62. The Morgan fingerprint density at radius 3 is 2.64 bits per heavy atom. The molecule has 0 bridgehead atoms. The molecule has 2 heterocycles. The van der Waals surface area contributed by atoms with Gasteiger partial charge in [-0.05, 0) is 35.9 Å². The Morgan fingerprint density at radius 1 is 1.14 bits per heavy atom. The average Bonchev–Trinajstić information content (AvgIpc) is 2.95. The lowest BCUT2D eigenvalue weighted by Gasteiger charge is -2.05. The van der Waals surface area contributed by atoms with E-state index in [-0.39, 0.29) is 0 Å². The van der Waals surface area contributed by atoms with E-state index in [2.05, 4.69) is 21.2 Å². The van der Waals surface area contributed by atoms with Gasteiger partial charge in [-0.2, -0.15) is 0 Å². The second-order valence-corrected chi connectivity index (χ2v) is 5.69. The van der Waals surface area contributed by atoms with Crippen molar-refractivity contribution in [1.29, 1.82) is 0 Å². The van der Waals surface area contributed by atoms with E-state index in [0.29, 0.717) is 0 Å². The van der Waals surface area contributed by atoms with Gasteiger partial charge in [-0.15, -0.1) is 10.2 Å². The monoisotopic (exact) mass is 312 g/mol. The Balaban J connectivity index is 1.76. The molecule has 6 heteroatoms. The van der Waals surface area contributed by atoms with Crippen LogP contribution in [0.15, 0.2) is 53.9 Å². The summed E-state index contributed by atoms with van der Waals surface area (Å²) in [5.41, 5.74) is 2.19. The molecule has 0 atom stereocenters. The smallest absolute Gasteiger partial charge is 0.191 e. The van der Waals surface area contributed by atoms with Gasteiger partial charge in [-0.3, -0.25) is 4.98 Å². The van der Waals surface area contributed by atoms with E-state index in [1.807, 2.05) is 48.1 Å². The normalized spacial score (nSPS) is 10.6. The summed E-state index contributed by atoms with van der Waals surface area (Å²) in [5, 5.41) is 9.45. The first-order valence-electron chi connectivity index (χ1n) is 6.83. The van der Waals surface area contributed by atoms with Crippen LogP contribution < -0.4 is 4.74 Å². The molecule has 1 aromatic carbocycles. The predicted molar refractivity (Wildman–Crippen MR) is 86.8 cm³/mol. The van der Waals surface area contributed by atoms with Crippen LogP contribution in [0.5, 0.6) is 5.75 Å². The van der Waals surface area contributed by atoms with Crippen molar-refractivity contribution in [3.05, 3.63) is 54.4 Å². The van der Waals surface area contributed by atoms with Gasteiger partial charge >= 0.3 is 0 Å². The van der Waals surface area contributed by atoms with E-state index in [4.69, 9.17) is 4.74 Å². The Morgan fingerprint density at radius 2 is 1.95 bits per heavy atom. The average molecular weight is 312 g/mol. The zero-order chi connectivity index (χ0) is 15.4. The number of pyridine rings is 1. The lowest BCUT2D eigenvalue weighted by Crippen LogP contribution is -1.95. The van der Waals surface area contributed by atoms with Crippen molar-refractivity contribution in [3.8, 4) is 17.1 Å². The van der Waals surface area contributed by atoms with E-state index < -0.39 is 0 Å². The standard InChI is InChI=1S/C16H16N4OS/c1-20-15(13-5-7-14(21-2)8-6-13)18-19-16(20)22-11-12-4-3-9-17-10-12/h3-10H,11H2,1-2H3. The minimum Gasteiger partial charge on any atom is -0.497 e. The number of methoxy groups -OCH3 is 1. The Kier molecular flexibility index (Phi) is 4.39. The van der Waals surface area contributed by atoms with Crippen LogP contribution in [0.3, 0.4) is 0 Å². The fourth-order valence-corrected chi connectivity index (χ4v) is 2.91. The molecule has 0 N–H and O–H groups in total. The summed E-state index contributed by atoms with van der Waals surface area (Å²) in [5.74, 6) is 2.50. The van der Waals surface area contributed by atoms with E-state index in [0.717, 1.165) is 28.0 Å². The maximum Gasteiger partial charge on any atom is 0.191 e. The van der Waals surface area contributed by atoms with Gasteiger partial charge in [-0.25, -0.2) is 0 Å². The summed E-state index contributed by atoms with van der Waals surface area (Å²) in [6.07, 6.45) is 3.64. The molecule has 0 fully saturated rings. The van der Waals surface area contributed by atoms with E-state index in [1.54, 1.807) is 25.1 Å². The molecule has 0 aliphatic heterocycles. The summed E-state index contributed by atoms with van der Waals surface area (Å²) in [6, 6.07) is 11.8. The van der Waals surface area contributed by atoms with Crippen LogP contribution in [0.1, 0.15) is 5.56 Å². The zero-order valence-corrected chi connectivity index (χ0v) is 13.2. The Bertz CT molecular complexity index is 741. The molecule has 0 aliphatic carbocycles. The second-order valence-electron chi connectivity index (χ2n) is 4.74. The van der Waals surface area contributed by atoms with Gasteiger partial charge in [0.2, 0.25) is 0 Å². The molecule has 5 nitrogen and oxygen atoms in total. The molecule has 3 aromatic rings. The minimum absolute atomic E-state index is 0.822. The van der Waals surface area contributed by atoms with Crippen molar-refractivity contribution in [2.45, 2.75) is 10.9 Å². The van der Waals surface area contributed by atoms with Crippen molar-refractivity contribution >= 4 is 11.8 Å². The number of ether oxygens (including phenoxy) is 1. The number of thioether (sulfide) groups is 1. The summed E-state index contributed by atoms with van der Waals surface area (Å²) >= 11 is 1.65. The first-order chi connectivity index (χ1) is 10.8. The molecule has 0 saturated heterocycles. The van der Waals surface area contributed by atoms with Crippen molar-refractivity contribution < 1.29 is 4.74 Å². The molecule has 0 unspecified atom stereocenters. The largest absolute Gasteiger partial charge is 0.497 e. The molecule has 0 saturated carbocycles. The van der Waals surface area contributed by atoms with Crippen LogP contribution in [0, 0.1) is 0 Å². The van der Waals surface area contributed by atoms with Crippen LogP contribution in [0.25, 0.3) is 11.4 Å². The van der Waals surface area contributed by atoms with Crippen LogP contribution in [-0.4, -0.2) is 26.9 Å². The van der Waals surface area contributed by atoms with Crippen molar-refractivity contribution in [1.82, 2.24) is 19.7 Å². The van der Waals surface area contributed by atoms with Crippen LogP contribution in [0.2, 0.25) is 0 Å². The third-order valence-corrected chi connectivity index (χ3v) is 4.37. The molecule has 0 aliphatic rings. The number of hydrogen-bond donors (Lipinski definition) is 0.